The highest BCUT2D eigenvalue weighted by molar-refractivity contribution is 6.39. The van der Waals surface area contributed by atoms with Gasteiger partial charge in [-0.15, -0.1) is 10.2 Å². The molecule has 3 heterocycles. The Morgan fingerprint density at radius 2 is 2.10 bits per heavy atom. The van der Waals surface area contributed by atoms with E-state index >= 15 is 0 Å². The molecule has 2 aliphatic heterocycles. The number of nitrogens with one attached hydrogen (secondary N) is 1. The predicted octanol–water partition coefficient (Wildman–Crippen LogP) is 0.00970. The normalized spacial score (nSPS) is 19.2. The van der Waals surface area contributed by atoms with Gasteiger partial charge in [0, 0.05) is 32.9 Å². The number of nitrogens with zero attached hydrogens (tertiary/aromatic N) is 5. The monoisotopic (exact) mass is 290 g/mol. The van der Waals surface area contributed by atoms with Gasteiger partial charge in [-0.2, -0.15) is 5.10 Å². The van der Waals surface area contributed by atoms with E-state index in [9.17, 15) is 9.59 Å². The Morgan fingerprint density at radius 3 is 2.86 bits per heavy atom. The lowest BCUT2D eigenvalue weighted by atomic mass is 10.1. The summed E-state index contributed by atoms with van der Waals surface area (Å²) >= 11 is 0. The van der Waals surface area contributed by atoms with Crippen molar-refractivity contribution in [2.24, 2.45) is 5.10 Å². The first-order chi connectivity index (χ1) is 10.1. The van der Waals surface area contributed by atoms with Crippen LogP contribution in [-0.2, 0) is 22.6 Å². The Labute approximate surface area is 122 Å². The van der Waals surface area contributed by atoms with Gasteiger partial charge in [0.05, 0.1) is 6.04 Å². The topological polar surface area (TPSA) is 92.5 Å². The lowest BCUT2D eigenvalue weighted by Gasteiger charge is -2.20. The molecular formula is C13H18N6O2. The van der Waals surface area contributed by atoms with E-state index in [1.54, 1.807) is 7.05 Å². The molecule has 1 aromatic rings. The number of fused-ring (bicyclic) bond motifs is 1. The minimum atomic E-state index is -0.253. The quantitative estimate of drug-likeness (QED) is 0.848. The van der Waals surface area contributed by atoms with Crippen LogP contribution in [0.4, 0.5) is 0 Å². The van der Waals surface area contributed by atoms with Gasteiger partial charge in [0.15, 0.2) is 5.82 Å². The minimum Gasteiger partial charge on any atom is -0.341 e. The second kappa shape index (κ2) is 5.27. The summed E-state index contributed by atoms with van der Waals surface area (Å²) in [5.74, 6) is 1.43. The van der Waals surface area contributed by atoms with Crippen LogP contribution in [0.25, 0.3) is 0 Å². The first-order valence-corrected chi connectivity index (χ1v) is 7.13. The Bertz CT molecular complexity index is 620. The van der Waals surface area contributed by atoms with Gasteiger partial charge in [0.1, 0.15) is 11.5 Å². The molecule has 0 radical (unpaired) electrons. The Hall–Kier alpha value is -2.25. The minimum absolute atomic E-state index is 0.0742. The van der Waals surface area contributed by atoms with Crippen molar-refractivity contribution in [3.8, 4) is 0 Å². The fraction of sp³-hybridized carbons (Fsp3) is 0.615. The van der Waals surface area contributed by atoms with E-state index in [1.165, 1.54) is 5.01 Å². The second-order valence-electron chi connectivity index (χ2n) is 5.39. The molecule has 0 bridgehead atoms. The molecule has 0 fully saturated rings. The molecule has 0 aromatic carbocycles. The maximum absolute atomic E-state index is 12.2. The first-order valence-electron chi connectivity index (χ1n) is 7.13. The largest absolute Gasteiger partial charge is 0.341 e. The average Bonchev–Trinajstić information content (AvgIpc) is 3.04. The number of aromatic nitrogens is 3. The van der Waals surface area contributed by atoms with Crippen molar-refractivity contribution in [1.82, 2.24) is 25.1 Å². The van der Waals surface area contributed by atoms with E-state index < -0.39 is 0 Å². The molecule has 0 aliphatic carbocycles. The van der Waals surface area contributed by atoms with E-state index in [0.29, 0.717) is 18.6 Å². The number of hydrogen-bond donors (Lipinski definition) is 1. The summed E-state index contributed by atoms with van der Waals surface area (Å²) in [4.78, 5) is 23.6. The zero-order valence-electron chi connectivity index (χ0n) is 12.2. The maximum Gasteiger partial charge on any atom is 0.268 e. The van der Waals surface area contributed by atoms with Crippen molar-refractivity contribution in [1.29, 1.82) is 0 Å². The molecule has 0 saturated heterocycles. The van der Waals surface area contributed by atoms with Crippen LogP contribution in [0, 0.1) is 0 Å². The number of aryl methyl sites for hydroxylation is 1. The van der Waals surface area contributed by atoms with Crippen LogP contribution < -0.4 is 5.32 Å². The van der Waals surface area contributed by atoms with Crippen LogP contribution in [0.15, 0.2) is 5.10 Å². The van der Waals surface area contributed by atoms with Crippen LogP contribution in [0.2, 0.25) is 0 Å². The fourth-order valence-electron chi connectivity index (χ4n) is 2.67. The number of hydrogen-bond acceptors (Lipinski definition) is 5. The van der Waals surface area contributed by atoms with Gasteiger partial charge >= 0.3 is 0 Å². The summed E-state index contributed by atoms with van der Waals surface area (Å²) in [5.41, 5.74) is 0.380. The summed E-state index contributed by atoms with van der Waals surface area (Å²) < 4.78 is 2.06. The summed E-state index contributed by atoms with van der Waals surface area (Å²) in [5, 5.41) is 16.4. The van der Waals surface area contributed by atoms with Crippen LogP contribution in [0.5, 0.6) is 0 Å². The second-order valence-corrected chi connectivity index (χ2v) is 5.39. The highest BCUT2D eigenvalue weighted by Gasteiger charge is 2.26. The van der Waals surface area contributed by atoms with Gasteiger partial charge in [-0.3, -0.25) is 9.59 Å². The van der Waals surface area contributed by atoms with Crippen molar-refractivity contribution >= 4 is 17.5 Å². The van der Waals surface area contributed by atoms with Gasteiger partial charge in [0.2, 0.25) is 5.91 Å². The number of carbonyl (C=O) groups is 2. The van der Waals surface area contributed by atoms with Crippen molar-refractivity contribution < 1.29 is 9.59 Å². The van der Waals surface area contributed by atoms with Crippen molar-refractivity contribution in [2.45, 2.75) is 45.2 Å². The summed E-state index contributed by atoms with van der Waals surface area (Å²) in [6.45, 7) is 2.78. The van der Waals surface area contributed by atoms with Gasteiger partial charge in [-0.05, 0) is 13.3 Å². The van der Waals surface area contributed by atoms with E-state index in [-0.39, 0.29) is 17.9 Å². The molecule has 3 rings (SSSR count). The molecule has 8 nitrogen and oxygen atoms in total. The molecule has 0 spiro atoms. The fourth-order valence-corrected chi connectivity index (χ4v) is 2.67. The van der Waals surface area contributed by atoms with Crippen LogP contribution in [0.3, 0.4) is 0 Å². The first kappa shape index (κ1) is 13.7. The Kier molecular flexibility index (Phi) is 3.44. The third-order valence-electron chi connectivity index (χ3n) is 3.84. The Balaban J connectivity index is 1.70. The highest BCUT2D eigenvalue weighted by Crippen LogP contribution is 2.19. The number of rotatable bonds is 3. The maximum atomic E-state index is 12.2. The molecule has 8 heteroatoms. The van der Waals surface area contributed by atoms with Crippen LogP contribution >= 0.6 is 0 Å². The number of hydrazone groups is 1. The van der Waals surface area contributed by atoms with Crippen molar-refractivity contribution in [2.75, 3.05) is 7.05 Å². The molecule has 1 atom stereocenters. The lowest BCUT2D eigenvalue weighted by molar-refractivity contribution is -0.130. The van der Waals surface area contributed by atoms with E-state index in [0.717, 1.165) is 31.0 Å². The van der Waals surface area contributed by atoms with E-state index in [2.05, 4.69) is 25.2 Å². The van der Waals surface area contributed by atoms with Crippen molar-refractivity contribution in [3.05, 3.63) is 11.6 Å². The molecule has 0 saturated carbocycles. The standard InChI is InChI=1S/C13H18N6O2/c1-8(12-16-15-10-4-3-7-19(10)12)14-13(21)9-5-6-11(20)18(2)17-9/h8H,3-7H2,1-2H3,(H,14,21). The molecule has 1 unspecified atom stereocenters. The van der Waals surface area contributed by atoms with Crippen LogP contribution in [-0.4, -0.2) is 44.3 Å². The zero-order valence-corrected chi connectivity index (χ0v) is 12.2. The third-order valence-corrected chi connectivity index (χ3v) is 3.84. The molecule has 2 aliphatic rings. The third kappa shape index (κ3) is 2.53. The van der Waals surface area contributed by atoms with Gasteiger partial charge in [-0.25, -0.2) is 5.01 Å². The average molecular weight is 290 g/mol. The van der Waals surface area contributed by atoms with Gasteiger partial charge < -0.3 is 9.88 Å². The van der Waals surface area contributed by atoms with Crippen LogP contribution in [0.1, 0.15) is 43.9 Å². The molecule has 112 valence electrons. The highest BCUT2D eigenvalue weighted by atomic mass is 16.2. The Morgan fingerprint density at radius 1 is 1.29 bits per heavy atom. The summed E-state index contributed by atoms with van der Waals surface area (Å²) in [6, 6.07) is -0.234. The molecule has 2 amide bonds. The summed E-state index contributed by atoms with van der Waals surface area (Å²) in [7, 11) is 1.56. The molecule has 1 N–H and O–H groups in total. The van der Waals surface area contributed by atoms with Gasteiger partial charge in [0.25, 0.3) is 5.91 Å². The SMILES string of the molecule is CC(NC(=O)C1=NN(C)C(=O)CC1)c1nnc2n1CCC2. The van der Waals surface area contributed by atoms with Gasteiger partial charge in [-0.1, -0.05) is 0 Å². The molecule has 21 heavy (non-hydrogen) atoms. The smallest absolute Gasteiger partial charge is 0.268 e. The lowest BCUT2D eigenvalue weighted by Crippen LogP contribution is -2.39. The molecule has 1 aromatic heterocycles. The zero-order chi connectivity index (χ0) is 15.0. The number of carbonyl (C=O) groups excluding carboxylic acids is 2. The van der Waals surface area contributed by atoms with Crippen molar-refractivity contribution in [3.63, 3.8) is 0 Å². The summed E-state index contributed by atoms with van der Waals surface area (Å²) in [6.07, 6.45) is 2.70. The van der Waals surface area contributed by atoms with E-state index in [1.807, 2.05) is 6.92 Å². The van der Waals surface area contributed by atoms with E-state index in [4.69, 9.17) is 0 Å². The molecular weight excluding hydrogens is 272 g/mol. The number of amides is 2. The predicted molar refractivity (Wildman–Crippen MR) is 74.3 cm³/mol.